The SMILES string of the molecule is CCNC(=O)NC(=O)C(C)Sc1nnc2n(-c3cccc(OC)c3)c(=O)c3ccccc3n12. The lowest BCUT2D eigenvalue weighted by Crippen LogP contribution is -2.42. The van der Waals surface area contributed by atoms with E-state index in [1.165, 1.54) is 4.57 Å². The predicted octanol–water partition coefficient (Wildman–Crippen LogP) is 2.37. The molecule has 0 saturated carbocycles. The monoisotopic (exact) mass is 466 g/mol. The van der Waals surface area contributed by atoms with E-state index in [0.29, 0.717) is 39.8 Å². The Hall–Kier alpha value is -3.86. The molecular formula is C22H22N6O4S. The van der Waals surface area contributed by atoms with Crippen molar-refractivity contribution >= 4 is 40.4 Å². The number of imide groups is 1. The molecule has 4 aromatic rings. The van der Waals surface area contributed by atoms with Crippen molar-refractivity contribution in [1.29, 1.82) is 0 Å². The Morgan fingerprint density at radius 1 is 1.15 bits per heavy atom. The van der Waals surface area contributed by atoms with Crippen molar-refractivity contribution in [2.24, 2.45) is 0 Å². The Morgan fingerprint density at radius 3 is 2.70 bits per heavy atom. The van der Waals surface area contributed by atoms with Crippen molar-refractivity contribution in [3.05, 3.63) is 58.9 Å². The van der Waals surface area contributed by atoms with Crippen LogP contribution in [0.25, 0.3) is 22.4 Å². The van der Waals surface area contributed by atoms with Crippen LogP contribution in [0.5, 0.6) is 5.75 Å². The maximum Gasteiger partial charge on any atom is 0.321 e. The summed E-state index contributed by atoms with van der Waals surface area (Å²) in [5.74, 6) is 0.425. The number of fused-ring (bicyclic) bond motifs is 3. The molecule has 3 amide bonds. The first kappa shape index (κ1) is 22.3. The number of benzene rings is 2. The lowest BCUT2D eigenvalue weighted by atomic mass is 10.2. The summed E-state index contributed by atoms with van der Waals surface area (Å²) in [6.07, 6.45) is 0. The molecule has 0 aliphatic carbocycles. The number of urea groups is 1. The molecule has 2 heterocycles. The molecule has 1 atom stereocenters. The molecule has 2 aromatic heterocycles. The minimum atomic E-state index is -0.643. The highest BCUT2D eigenvalue weighted by atomic mass is 32.2. The van der Waals surface area contributed by atoms with Gasteiger partial charge in [-0.25, -0.2) is 9.36 Å². The number of aromatic nitrogens is 4. The third kappa shape index (κ3) is 4.27. The van der Waals surface area contributed by atoms with Gasteiger partial charge in [-0.3, -0.25) is 19.3 Å². The second kappa shape index (κ2) is 9.33. The molecule has 1 unspecified atom stereocenters. The highest BCUT2D eigenvalue weighted by Crippen LogP contribution is 2.26. The van der Waals surface area contributed by atoms with E-state index in [-0.39, 0.29) is 5.56 Å². The van der Waals surface area contributed by atoms with E-state index in [2.05, 4.69) is 20.8 Å². The van der Waals surface area contributed by atoms with Gasteiger partial charge in [-0.1, -0.05) is 30.0 Å². The molecule has 11 heteroatoms. The highest BCUT2D eigenvalue weighted by Gasteiger charge is 2.23. The zero-order chi connectivity index (χ0) is 23.5. The zero-order valence-electron chi connectivity index (χ0n) is 18.2. The molecule has 0 spiro atoms. The fourth-order valence-electron chi connectivity index (χ4n) is 3.37. The normalized spacial score (nSPS) is 12.0. The molecule has 0 aliphatic rings. The first-order valence-corrected chi connectivity index (χ1v) is 11.1. The summed E-state index contributed by atoms with van der Waals surface area (Å²) in [4.78, 5) is 37.5. The van der Waals surface area contributed by atoms with Crippen LogP contribution in [0.2, 0.25) is 0 Å². The van der Waals surface area contributed by atoms with Crippen LogP contribution in [-0.4, -0.2) is 50.0 Å². The van der Waals surface area contributed by atoms with Gasteiger partial charge in [0.2, 0.25) is 11.7 Å². The standard InChI is InChI=1S/C22H22N6O4S/c1-4-23-20(31)24-18(29)13(2)33-22-26-25-21-27(14-8-7-9-15(12-14)32-3)19(30)16-10-5-6-11-17(16)28(21)22/h5-13H,4H2,1-3H3,(H2,23,24,29,31). The summed E-state index contributed by atoms with van der Waals surface area (Å²) in [6, 6.07) is 13.7. The Balaban J connectivity index is 1.84. The van der Waals surface area contributed by atoms with Crippen LogP contribution in [-0.2, 0) is 4.79 Å². The Kier molecular flexibility index (Phi) is 6.31. The average molecular weight is 467 g/mol. The number of rotatable bonds is 6. The van der Waals surface area contributed by atoms with Crippen LogP contribution >= 0.6 is 11.8 Å². The van der Waals surface area contributed by atoms with E-state index in [0.717, 1.165) is 11.8 Å². The molecule has 0 saturated heterocycles. The Labute approximate surface area is 193 Å². The predicted molar refractivity (Wildman–Crippen MR) is 125 cm³/mol. The quantitative estimate of drug-likeness (QED) is 0.419. The van der Waals surface area contributed by atoms with Crippen molar-refractivity contribution in [1.82, 2.24) is 29.8 Å². The zero-order valence-corrected chi connectivity index (χ0v) is 19.0. The van der Waals surface area contributed by atoms with E-state index in [1.807, 2.05) is 6.07 Å². The maximum absolute atomic E-state index is 13.4. The number of nitrogens with zero attached hydrogens (tertiary/aromatic N) is 4. The molecule has 33 heavy (non-hydrogen) atoms. The highest BCUT2D eigenvalue weighted by molar-refractivity contribution is 8.00. The number of nitrogens with one attached hydrogen (secondary N) is 2. The molecule has 0 bridgehead atoms. The summed E-state index contributed by atoms with van der Waals surface area (Å²) in [5, 5.41) is 13.6. The molecular weight excluding hydrogens is 444 g/mol. The minimum Gasteiger partial charge on any atom is -0.497 e. The fraction of sp³-hybridized carbons (Fsp3) is 0.227. The van der Waals surface area contributed by atoms with Gasteiger partial charge in [0.25, 0.3) is 5.56 Å². The number of amides is 3. The van der Waals surface area contributed by atoms with Gasteiger partial charge in [-0.2, -0.15) is 0 Å². The lowest BCUT2D eigenvalue weighted by Gasteiger charge is -2.13. The summed E-state index contributed by atoms with van der Waals surface area (Å²) in [7, 11) is 1.55. The minimum absolute atomic E-state index is 0.252. The summed E-state index contributed by atoms with van der Waals surface area (Å²) in [6.45, 7) is 3.83. The molecule has 0 radical (unpaired) electrons. The van der Waals surface area contributed by atoms with Gasteiger partial charge >= 0.3 is 6.03 Å². The van der Waals surface area contributed by atoms with Gasteiger partial charge in [0.05, 0.1) is 29.0 Å². The van der Waals surface area contributed by atoms with Crippen molar-refractivity contribution in [3.63, 3.8) is 0 Å². The maximum atomic E-state index is 13.4. The molecule has 4 rings (SSSR count). The number of ether oxygens (including phenoxy) is 1. The largest absolute Gasteiger partial charge is 0.497 e. The van der Waals surface area contributed by atoms with Crippen LogP contribution in [0.3, 0.4) is 0 Å². The molecule has 0 fully saturated rings. The van der Waals surface area contributed by atoms with E-state index in [9.17, 15) is 14.4 Å². The van der Waals surface area contributed by atoms with Gasteiger partial charge in [-0.15, -0.1) is 10.2 Å². The Morgan fingerprint density at radius 2 is 1.94 bits per heavy atom. The summed E-state index contributed by atoms with van der Waals surface area (Å²) >= 11 is 1.14. The molecule has 2 aromatic carbocycles. The van der Waals surface area contributed by atoms with Gasteiger partial charge in [0, 0.05) is 12.6 Å². The van der Waals surface area contributed by atoms with Gasteiger partial charge in [0.15, 0.2) is 5.16 Å². The average Bonchev–Trinajstić information content (AvgIpc) is 3.22. The van der Waals surface area contributed by atoms with Gasteiger partial charge in [-0.05, 0) is 38.1 Å². The van der Waals surface area contributed by atoms with Crippen LogP contribution in [0.15, 0.2) is 58.5 Å². The Bertz CT molecular complexity index is 1410. The number of carbonyl (C=O) groups is 2. The molecule has 170 valence electrons. The smallest absolute Gasteiger partial charge is 0.321 e. The summed E-state index contributed by atoms with van der Waals surface area (Å²) < 4.78 is 8.50. The van der Waals surface area contributed by atoms with Crippen LogP contribution in [0.1, 0.15) is 13.8 Å². The molecule has 2 N–H and O–H groups in total. The van der Waals surface area contributed by atoms with Crippen LogP contribution < -0.4 is 20.9 Å². The van der Waals surface area contributed by atoms with Gasteiger partial charge < -0.3 is 10.1 Å². The first-order valence-electron chi connectivity index (χ1n) is 10.2. The number of hydrogen-bond acceptors (Lipinski definition) is 7. The lowest BCUT2D eigenvalue weighted by molar-refractivity contribution is -0.119. The van der Waals surface area contributed by atoms with Crippen molar-refractivity contribution in [2.45, 2.75) is 24.3 Å². The van der Waals surface area contributed by atoms with E-state index in [4.69, 9.17) is 4.74 Å². The summed E-state index contributed by atoms with van der Waals surface area (Å²) in [5.41, 5.74) is 0.930. The fourth-order valence-corrected chi connectivity index (χ4v) is 4.22. The van der Waals surface area contributed by atoms with Crippen molar-refractivity contribution < 1.29 is 14.3 Å². The second-order valence-corrected chi connectivity index (χ2v) is 8.39. The third-order valence-electron chi connectivity index (χ3n) is 4.93. The molecule has 10 nitrogen and oxygen atoms in total. The first-order chi connectivity index (χ1) is 15.9. The number of carbonyl (C=O) groups excluding carboxylic acids is 2. The number of hydrogen-bond donors (Lipinski definition) is 2. The van der Waals surface area contributed by atoms with Crippen LogP contribution in [0, 0.1) is 0 Å². The van der Waals surface area contributed by atoms with E-state index < -0.39 is 17.2 Å². The number of para-hydroxylation sites is 1. The van der Waals surface area contributed by atoms with E-state index in [1.54, 1.807) is 67.8 Å². The van der Waals surface area contributed by atoms with Crippen molar-refractivity contribution in [3.8, 4) is 11.4 Å². The number of methoxy groups -OCH3 is 1. The number of thioether (sulfide) groups is 1. The third-order valence-corrected chi connectivity index (χ3v) is 5.97. The van der Waals surface area contributed by atoms with E-state index >= 15 is 0 Å². The van der Waals surface area contributed by atoms with Crippen LogP contribution in [0.4, 0.5) is 4.79 Å². The molecule has 0 aliphatic heterocycles. The topological polar surface area (TPSA) is 120 Å². The van der Waals surface area contributed by atoms with Gasteiger partial charge in [0.1, 0.15) is 5.75 Å². The van der Waals surface area contributed by atoms with Crippen molar-refractivity contribution in [2.75, 3.05) is 13.7 Å². The second-order valence-electron chi connectivity index (χ2n) is 7.09.